The van der Waals surface area contributed by atoms with E-state index in [0.29, 0.717) is 18.9 Å². The molecule has 1 fully saturated rings. The second kappa shape index (κ2) is 8.04. The van der Waals surface area contributed by atoms with E-state index >= 15 is 0 Å². The van der Waals surface area contributed by atoms with Crippen LogP contribution < -0.4 is 5.84 Å². The van der Waals surface area contributed by atoms with E-state index in [1.807, 2.05) is 33.9 Å². The fourth-order valence-electron chi connectivity index (χ4n) is 4.04. The van der Waals surface area contributed by atoms with Crippen LogP contribution in [0.3, 0.4) is 0 Å². The number of nitrogens with zero attached hydrogens (tertiary/aromatic N) is 5. The van der Waals surface area contributed by atoms with Gasteiger partial charge < -0.3 is 4.90 Å². The van der Waals surface area contributed by atoms with Crippen LogP contribution in [0, 0.1) is 17.8 Å². The molecule has 1 unspecified atom stereocenters. The molecule has 5 heterocycles. The van der Waals surface area contributed by atoms with Gasteiger partial charge in [0.25, 0.3) is 5.91 Å². The number of amidine groups is 1. The number of aromatic nitrogens is 1. The van der Waals surface area contributed by atoms with Gasteiger partial charge in [0, 0.05) is 48.3 Å². The van der Waals surface area contributed by atoms with Crippen molar-refractivity contribution in [1.29, 1.82) is 0 Å². The number of allylic oxidation sites excluding steroid dienone is 2. The molecule has 2 aromatic rings. The number of amides is 1. The second-order valence-corrected chi connectivity index (χ2v) is 8.41. The predicted octanol–water partition coefficient (Wildman–Crippen LogP) is 2.92. The first-order chi connectivity index (χ1) is 15.1. The number of piperidine rings is 1. The van der Waals surface area contributed by atoms with Gasteiger partial charge in [-0.2, -0.15) is 22.2 Å². The number of hydrogen-bond donors (Lipinski definition) is 1. The molecule has 1 amide bonds. The smallest absolute Gasteiger partial charge is 0.311 e. The first-order valence-corrected chi connectivity index (χ1v) is 11.0. The SMILES string of the molecule is N[N+]12C=CN=CC1=C(C1CCN(C(=O)c3ccsc3)CC1)N=C2C#Cc1cccnc1. The number of thiophene rings is 1. The number of fused-ring (bicyclic) bond motifs is 1. The first kappa shape index (κ1) is 19.6. The Kier molecular flexibility index (Phi) is 5.08. The number of aliphatic imine (C=N–C) groups is 2. The largest absolute Gasteiger partial charge is 0.339 e. The van der Waals surface area contributed by atoms with Gasteiger partial charge in [0.05, 0.1) is 18.0 Å². The van der Waals surface area contributed by atoms with Crippen LogP contribution in [-0.4, -0.2) is 45.5 Å². The molecule has 1 saturated heterocycles. The lowest BCUT2D eigenvalue weighted by Crippen LogP contribution is -2.52. The molecule has 1 atom stereocenters. The Morgan fingerprint density at radius 3 is 2.87 bits per heavy atom. The molecular weight excluding hydrogens is 408 g/mol. The summed E-state index contributed by atoms with van der Waals surface area (Å²) in [6.07, 6.45) is 10.3. The Hall–Kier alpha value is -3.38. The van der Waals surface area contributed by atoms with Crippen molar-refractivity contribution in [3.8, 4) is 11.8 Å². The zero-order valence-corrected chi connectivity index (χ0v) is 17.6. The van der Waals surface area contributed by atoms with Crippen molar-refractivity contribution < 1.29 is 9.39 Å². The van der Waals surface area contributed by atoms with Gasteiger partial charge in [-0.05, 0) is 36.4 Å². The molecule has 2 aromatic heterocycles. The lowest BCUT2D eigenvalue weighted by molar-refractivity contribution is -0.749. The van der Waals surface area contributed by atoms with E-state index in [1.54, 1.807) is 42.3 Å². The van der Waals surface area contributed by atoms with Crippen LogP contribution in [0.15, 0.2) is 75.1 Å². The third-order valence-corrected chi connectivity index (χ3v) is 6.42. The Morgan fingerprint density at radius 2 is 2.13 bits per heavy atom. The molecule has 2 N–H and O–H groups in total. The van der Waals surface area contributed by atoms with Crippen molar-refractivity contribution in [2.45, 2.75) is 12.8 Å². The summed E-state index contributed by atoms with van der Waals surface area (Å²) >= 11 is 1.54. The number of quaternary nitrogens is 1. The number of carbonyl (C=O) groups excluding carboxylic acids is 1. The van der Waals surface area contributed by atoms with Crippen LogP contribution in [0.4, 0.5) is 0 Å². The summed E-state index contributed by atoms with van der Waals surface area (Å²) in [5, 5.41) is 3.83. The molecule has 31 heavy (non-hydrogen) atoms. The number of pyridine rings is 1. The maximum Gasteiger partial charge on any atom is 0.311 e. The minimum Gasteiger partial charge on any atom is -0.339 e. The molecule has 3 aliphatic rings. The van der Waals surface area contributed by atoms with Crippen molar-refractivity contribution >= 4 is 29.3 Å². The molecule has 0 aromatic carbocycles. The lowest BCUT2D eigenvalue weighted by Gasteiger charge is -2.32. The molecule has 8 heteroatoms. The van der Waals surface area contributed by atoms with E-state index in [4.69, 9.17) is 10.8 Å². The fourth-order valence-corrected chi connectivity index (χ4v) is 4.67. The standard InChI is InChI=1S/C23H21N6OS/c24-29-12-9-26-15-20(29)22(27-21(29)4-3-17-2-1-8-25-14-17)18-5-10-28(11-6-18)23(30)19-7-13-31-16-19/h1-2,7-9,12-16,18H,5-6,10-11,24H2/q+1. The maximum absolute atomic E-state index is 12.7. The quantitative estimate of drug-likeness (QED) is 0.453. The van der Waals surface area contributed by atoms with Gasteiger partial charge in [-0.15, -0.1) is 4.59 Å². The van der Waals surface area contributed by atoms with E-state index in [2.05, 4.69) is 21.8 Å². The molecule has 7 nitrogen and oxygen atoms in total. The van der Waals surface area contributed by atoms with Crippen molar-refractivity contribution in [2.24, 2.45) is 21.7 Å². The summed E-state index contributed by atoms with van der Waals surface area (Å²) in [4.78, 5) is 27.8. The summed E-state index contributed by atoms with van der Waals surface area (Å²) in [5.41, 5.74) is 3.34. The summed E-state index contributed by atoms with van der Waals surface area (Å²) in [5.74, 6) is 13.8. The summed E-state index contributed by atoms with van der Waals surface area (Å²) < 4.78 is -0.0693. The van der Waals surface area contributed by atoms with Crippen LogP contribution in [0.2, 0.25) is 0 Å². The van der Waals surface area contributed by atoms with Crippen LogP contribution in [0.1, 0.15) is 28.8 Å². The Balaban J connectivity index is 1.38. The number of nitrogens with two attached hydrogens (primary N) is 1. The number of rotatable bonds is 2. The number of hydrogen-bond acceptors (Lipinski definition) is 6. The Morgan fingerprint density at radius 1 is 1.26 bits per heavy atom. The normalized spacial score (nSPS) is 22.7. The molecule has 3 aliphatic heterocycles. The monoisotopic (exact) mass is 429 g/mol. The van der Waals surface area contributed by atoms with Crippen molar-refractivity contribution in [3.63, 3.8) is 0 Å². The highest BCUT2D eigenvalue weighted by molar-refractivity contribution is 7.08. The fraction of sp³-hybridized carbons (Fsp3) is 0.217. The minimum atomic E-state index is -0.0693. The summed E-state index contributed by atoms with van der Waals surface area (Å²) in [6.45, 7) is 1.39. The van der Waals surface area contributed by atoms with Crippen LogP contribution in [0.25, 0.3) is 0 Å². The van der Waals surface area contributed by atoms with Gasteiger partial charge in [0.2, 0.25) is 5.70 Å². The topological polar surface area (TPSA) is 83.9 Å². The average Bonchev–Trinajstić information content (AvgIpc) is 3.44. The molecule has 5 rings (SSSR count). The van der Waals surface area contributed by atoms with Gasteiger partial charge in [-0.3, -0.25) is 14.8 Å². The molecule has 0 aliphatic carbocycles. The summed E-state index contributed by atoms with van der Waals surface area (Å²) in [6, 6.07) is 5.63. The molecule has 0 spiro atoms. The van der Waals surface area contributed by atoms with Crippen LogP contribution in [-0.2, 0) is 0 Å². The maximum atomic E-state index is 12.7. The minimum absolute atomic E-state index is 0.0693. The highest BCUT2D eigenvalue weighted by Crippen LogP contribution is 2.36. The van der Waals surface area contributed by atoms with Gasteiger partial charge in [-0.25, -0.2) is 0 Å². The Bertz CT molecular complexity index is 1180. The molecule has 0 bridgehead atoms. The van der Waals surface area contributed by atoms with E-state index in [1.165, 1.54) is 0 Å². The number of carbonyl (C=O) groups is 1. The third kappa shape index (κ3) is 3.64. The van der Waals surface area contributed by atoms with E-state index in [0.717, 1.165) is 35.4 Å². The van der Waals surface area contributed by atoms with Crippen LogP contribution >= 0.6 is 11.3 Å². The lowest BCUT2D eigenvalue weighted by atomic mass is 9.92. The van der Waals surface area contributed by atoms with Gasteiger partial charge in [0.15, 0.2) is 0 Å². The zero-order valence-electron chi connectivity index (χ0n) is 16.8. The molecule has 0 saturated carbocycles. The van der Waals surface area contributed by atoms with E-state index in [-0.39, 0.29) is 16.4 Å². The van der Waals surface area contributed by atoms with Crippen molar-refractivity contribution in [1.82, 2.24) is 9.88 Å². The zero-order chi connectivity index (χ0) is 21.3. The highest BCUT2D eigenvalue weighted by Gasteiger charge is 2.45. The molecule has 0 radical (unpaired) electrons. The number of likely N-dealkylation sites (tertiary alicyclic amines) is 1. The predicted molar refractivity (Wildman–Crippen MR) is 121 cm³/mol. The third-order valence-electron chi connectivity index (χ3n) is 5.74. The van der Waals surface area contributed by atoms with E-state index < -0.39 is 0 Å². The first-order valence-electron chi connectivity index (χ1n) is 10.1. The second-order valence-electron chi connectivity index (χ2n) is 7.63. The molecule has 154 valence electrons. The van der Waals surface area contributed by atoms with Crippen molar-refractivity contribution in [2.75, 3.05) is 13.1 Å². The molecular formula is C23H21N6OS+. The van der Waals surface area contributed by atoms with Crippen LogP contribution in [0.5, 0.6) is 0 Å². The van der Waals surface area contributed by atoms with Crippen molar-refractivity contribution in [3.05, 3.63) is 76.3 Å². The van der Waals surface area contributed by atoms with E-state index in [9.17, 15) is 4.79 Å². The van der Waals surface area contributed by atoms with Gasteiger partial charge in [-0.1, -0.05) is 5.92 Å². The average molecular weight is 430 g/mol. The van der Waals surface area contributed by atoms with Gasteiger partial charge in [0.1, 0.15) is 11.9 Å². The summed E-state index contributed by atoms with van der Waals surface area (Å²) in [7, 11) is 0. The Labute approximate surface area is 184 Å². The highest BCUT2D eigenvalue weighted by atomic mass is 32.1. The van der Waals surface area contributed by atoms with Gasteiger partial charge >= 0.3 is 5.84 Å².